The minimum absolute atomic E-state index is 0.0212. The molecule has 162 valence electrons. The zero-order valence-corrected chi connectivity index (χ0v) is 18.0. The molecule has 0 saturated heterocycles. The van der Waals surface area contributed by atoms with E-state index in [9.17, 15) is 14.7 Å². The predicted molar refractivity (Wildman–Crippen MR) is 115 cm³/mol. The van der Waals surface area contributed by atoms with E-state index in [-0.39, 0.29) is 29.4 Å². The second-order valence-corrected chi connectivity index (χ2v) is 8.43. The van der Waals surface area contributed by atoms with Gasteiger partial charge in [-0.25, -0.2) is 9.48 Å². The van der Waals surface area contributed by atoms with Gasteiger partial charge < -0.3 is 15.6 Å². The fraction of sp³-hybridized carbons (Fsp3) is 0.500. The Kier molecular flexibility index (Phi) is 6.34. The summed E-state index contributed by atoms with van der Waals surface area (Å²) >= 11 is 0. The van der Waals surface area contributed by atoms with E-state index in [0.717, 1.165) is 31.2 Å². The van der Waals surface area contributed by atoms with Gasteiger partial charge in [0, 0.05) is 17.6 Å². The normalized spacial score (nSPS) is 19.0. The van der Waals surface area contributed by atoms with Crippen molar-refractivity contribution in [3.05, 3.63) is 30.0 Å². The van der Waals surface area contributed by atoms with E-state index >= 15 is 0 Å². The lowest BCUT2D eigenvalue weighted by molar-refractivity contribution is -0.124. The SMILES string of the molecule is Cc1ccc(-n2cc(OC(=O)O)c(N(C(=O)C3CCC(C)CC3)C(C)C)n2)cc1N. The Morgan fingerprint density at radius 3 is 2.50 bits per heavy atom. The minimum Gasteiger partial charge on any atom is -0.449 e. The largest absolute Gasteiger partial charge is 0.511 e. The number of carbonyl (C=O) groups is 2. The summed E-state index contributed by atoms with van der Waals surface area (Å²) in [5.74, 6) is 0.712. The Labute approximate surface area is 176 Å². The molecule has 1 heterocycles. The standard InChI is InChI=1S/C22H30N4O4/c1-13(2)26(21(27)16-8-5-14(3)6-9-16)20-19(30-22(28)29)12-25(24-20)17-10-7-15(4)18(23)11-17/h7,10-14,16H,5-6,8-9,23H2,1-4H3,(H,28,29). The molecule has 1 aromatic carbocycles. The van der Waals surface area contributed by atoms with E-state index in [1.54, 1.807) is 11.0 Å². The van der Waals surface area contributed by atoms with Gasteiger partial charge in [0.15, 0.2) is 5.75 Å². The quantitative estimate of drug-likeness (QED) is 0.555. The number of benzene rings is 1. The topological polar surface area (TPSA) is 111 Å². The van der Waals surface area contributed by atoms with E-state index in [1.165, 1.54) is 10.9 Å². The number of amides is 1. The molecular weight excluding hydrogens is 384 g/mol. The number of carbonyl (C=O) groups excluding carboxylic acids is 1. The van der Waals surface area contributed by atoms with Crippen LogP contribution in [0.3, 0.4) is 0 Å². The van der Waals surface area contributed by atoms with Crippen molar-refractivity contribution in [2.75, 3.05) is 10.6 Å². The Hall–Kier alpha value is -3.03. The lowest BCUT2D eigenvalue weighted by Gasteiger charge is -2.32. The summed E-state index contributed by atoms with van der Waals surface area (Å²) in [6.07, 6.45) is 3.69. The molecule has 8 nitrogen and oxygen atoms in total. The number of nitrogens with zero attached hydrogens (tertiary/aromatic N) is 3. The number of aryl methyl sites for hydroxylation is 1. The Morgan fingerprint density at radius 1 is 1.27 bits per heavy atom. The summed E-state index contributed by atoms with van der Waals surface area (Å²) < 4.78 is 6.49. The third-order valence-corrected chi connectivity index (χ3v) is 5.73. The molecule has 3 N–H and O–H groups in total. The van der Waals surface area contributed by atoms with Crippen LogP contribution in [0.5, 0.6) is 5.75 Å². The van der Waals surface area contributed by atoms with Gasteiger partial charge in [-0.1, -0.05) is 13.0 Å². The number of rotatable bonds is 5. The van der Waals surface area contributed by atoms with Crippen molar-refractivity contribution in [1.82, 2.24) is 9.78 Å². The maximum Gasteiger partial charge on any atom is 0.511 e. The van der Waals surface area contributed by atoms with Gasteiger partial charge in [0.25, 0.3) is 0 Å². The molecule has 0 aliphatic heterocycles. The number of nitrogens with two attached hydrogens (primary N) is 1. The van der Waals surface area contributed by atoms with E-state index < -0.39 is 6.16 Å². The molecule has 1 saturated carbocycles. The van der Waals surface area contributed by atoms with Crippen molar-refractivity contribution in [3.8, 4) is 11.4 Å². The first-order valence-corrected chi connectivity index (χ1v) is 10.4. The van der Waals surface area contributed by atoms with Crippen molar-refractivity contribution in [2.45, 2.75) is 59.4 Å². The van der Waals surface area contributed by atoms with E-state index in [4.69, 9.17) is 10.5 Å². The van der Waals surface area contributed by atoms with Crippen LogP contribution in [0.4, 0.5) is 16.3 Å². The molecule has 1 fully saturated rings. The summed E-state index contributed by atoms with van der Waals surface area (Å²) in [6, 6.07) is 5.23. The Balaban J connectivity index is 2.01. The van der Waals surface area contributed by atoms with Crippen LogP contribution in [0.25, 0.3) is 5.69 Å². The maximum atomic E-state index is 13.4. The van der Waals surface area contributed by atoms with Crippen LogP contribution in [-0.4, -0.2) is 33.0 Å². The van der Waals surface area contributed by atoms with Crippen LogP contribution in [0.1, 0.15) is 52.0 Å². The zero-order chi connectivity index (χ0) is 22.0. The molecule has 0 unspecified atom stereocenters. The fourth-order valence-corrected chi connectivity index (χ4v) is 3.89. The lowest BCUT2D eigenvalue weighted by atomic mass is 9.82. The first kappa shape index (κ1) is 21.7. The summed E-state index contributed by atoms with van der Waals surface area (Å²) in [6.45, 7) is 7.87. The first-order valence-electron chi connectivity index (χ1n) is 10.4. The highest BCUT2D eigenvalue weighted by Crippen LogP contribution is 2.35. The molecule has 1 amide bonds. The Morgan fingerprint density at radius 2 is 1.93 bits per heavy atom. The third-order valence-electron chi connectivity index (χ3n) is 5.73. The molecule has 30 heavy (non-hydrogen) atoms. The number of anilines is 2. The molecular formula is C22H30N4O4. The van der Waals surface area contributed by atoms with Crippen LogP contribution >= 0.6 is 0 Å². The molecule has 0 spiro atoms. The summed E-state index contributed by atoms with van der Waals surface area (Å²) in [5, 5.41) is 13.7. The van der Waals surface area contributed by atoms with Crippen molar-refractivity contribution < 1.29 is 19.4 Å². The predicted octanol–water partition coefficient (Wildman–Crippen LogP) is 4.39. The van der Waals surface area contributed by atoms with E-state index in [1.807, 2.05) is 32.9 Å². The van der Waals surface area contributed by atoms with Gasteiger partial charge in [-0.05, 0) is 70.1 Å². The van der Waals surface area contributed by atoms with Crippen LogP contribution in [0.2, 0.25) is 0 Å². The average Bonchev–Trinajstić information content (AvgIpc) is 3.07. The number of aromatic nitrogens is 2. The zero-order valence-electron chi connectivity index (χ0n) is 18.0. The second kappa shape index (κ2) is 8.77. The molecule has 0 radical (unpaired) electrons. The van der Waals surface area contributed by atoms with Crippen molar-refractivity contribution in [2.24, 2.45) is 11.8 Å². The summed E-state index contributed by atoms with van der Waals surface area (Å²) in [4.78, 5) is 26.2. The molecule has 1 aromatic heterocycles. The van der Waals surface area contributed by atoms with Gasteiger partial charge >= 0.3 is 6.16 Å². The van der Waals surface area contributed by atoms with E-state index in [0.29, 0.717) is 17.3 Å². The second-order valence-electron chi connectivity index (χ2n) is 8.43. The molecule has 1 aliphatic rings. The van der Waals surface area contributed by atoms with Gasteiger partial charge in [-0.3, -0.25) is 9.69 Å². The fourth-order valence-electron chi connectivity index (χ4n) is 3.89. The van der Waals surface area contributed by atoms with Crippen LogP contribution < -0.4 is 15.4 Å². The highest BCUT2D eigenvalue weighted by atomic mass is 16.7. The maximum absolute atomic E-state index is 13.4. The molecule has 0 bridgehead atoms. The van der Waals surface area contributed by atoms with Crippen LogP contribution in [-0.2, 0) is 4.79 Å². The highest BCUT2D eigenvalue weighted by Gasteiger charge is 2.34. The van der Waals surface area contributed by atoms with Crippen LogP contribution in [0, 0.1) is 18.8 Å². The van der Waals surface area contributed by atoms with E-state index in [2.05, 4.69) is 12.0 Å². The van der Waals surface area contributed by atoms with Crippen molar-refractivity contribution in [1.29, 1.82) is 0 Å². The van der Waals surface area contributed by atoms with Crippen molar-refractivity contribution in [3.63, 3.8) is 0 Å². The number of ether oxygens (including phenoxy) is 1. The monoisotopic (exact) mass is 414 g/mol. The molecule has 8 heteroatoms. The van der Waals surface area contributed by atoms with Gasteiger partial charge in [-0.15, -0.1) is 5.10 Å². The molecule has 0 atom stereocenters. The van der Waals surface area contributed by atoms with Crippen molar-refractivity contribution >= 4 is 23.6 Å². The molecule has 3 rings (SSSR count). The van der Waals surface area contributed by atoms with Gasteiger partial charge in [0.05, 0.1) is 11.9 Å². The van der Waals surface area contributed by atoms with Gasteiger partial charge in [0.2, 0.25) is 11.7 Å². The third kappa shape index (κ3) is 4.58. The molecule has 2 aromatic rings. The summed E-state index contributed by atoms with van der Waals surface area (Å²) in [5.41, 5.74) is 8.20. The Bertz CT molecular complexity index is 929. The smallest absolute Gasteiger partial charge is 0.449 e. The van der Waals surface area contributed by atoms with Crippen LogP contribution in [0.15, 0.2) is 24.4 Å². The number of nitrogen functional groups attached to an aromatic ring is 1. The highest BCUT2D eigenvalue weighted by molar-refractivity contribution is 5.96. The minimum atomic E-state index is -1.46. The average molecular weight is 415 g/mol. The lowest BCUT2D eigenvalue weighted by Crippen LogP contribution is -2.42. The number of carboxylic acid groups (broad SMARTS) is 1. The molecule has 1 aliphatic carbocycles. The first-order chi connectivity index (χ1) is 14.2. The van der Waals surface area contributed by atoms with Gasteiger partial charge in [0.1, 0.15) is 0 Å². The number of hydrogen-bond donors (Lipinski definition) is 2. The summed E-state index contributed by atoms with van der Waals surface area (Å²) in [7, 11) is 0. The number of hydrogen-bond acceptors (Lipinski definition) is 5. The van der Waals surface area contributed by atoms with Gasteiger partial charge in [-0.2, -0.15) is 0 Å².